The number of nitrogens with zero attached hydrogens (tertiary/aromatic N) is 1. The van der Waals surface area contributed by atoms with Crippen LogP contribution in [0.3, 0.4) is 0 Å². The lowest BCUT2D eigenvalue weighted by Crippen LogP contribution is -2.39. The third-order valence-corrected chi connectivity index (χ3v) is 5.48. The molecule has 2 heterocycles. The van der Waals surface area contributed by atoms with Crippen LogP contribution in [0, 0.1) is 0 Å². The summed E-state index contributed by atoms with van der Waals surface area (Å²) in [4.78, 5) is 29.2. The number of amides is 1. The number of carboxylic acid groups (broad SMARTS) is 1. The number of hydrogen-bond donors (Lipinski definition) is 2. The van der Waals surface area contributed by atoms with Crippen molar-refractivity contribution >= 4 is 34.4 Å². The first-order valence-corrected chi connectivity index (χ1v) is 9.30. The predicted molar refractivity (Wildman–Crippen MR) is 105 cm³/mol. The number of halogens is 1. The van der Waals surface area contributed by atoms with Gasteiger partial charge < -0.3 is 15.0 Å². The van der Waals surface area contributed by atoms with Gasteiger partial charge in [-0.2, -0.15) is 0 Å². The summed E-state index contributed by atoms with van der Waals surface area (Å²) in [6, 6.07) is 14.4. The lowest BCUT2D eigenvalue weighted by Gasteiger charge is -2.33. The Balaban J connectivity index is 1.57. The van der Waals surface area contributed by atoms with Gasteiger partial charge in [0, 0.05) is 34.9 Å². The molecule has 1 amide bonds. The van der Waals surface area contributed by atoms with Crippen LogP contribution in [0.15, 0.2) is 48.5 Å². The third kappa shape index (κ3) is 3.43. The van der Waals surface area contributed by atoms with E-state index >= 15 is 0 Å². The highest BCUT2D eigenvalue weighted by Crippen LogP contribution is 2.29. The number of carbonyl (C=O) groups excluding carboxylic acids is 1. The van der Waals surface area contributed by atoms with E-state index in [0.29, 0.717) is 23.8 Å². The number of rotatable bonds is 3. The maximum absolute atomic E-state index is 13.0. The average molecular weight is 383 g/mol. The van der Waals surface area contributed by atoms with Gasteiger partial charge in [0.15, 0.2) is 0 Å². The van der Waals surface area contributed by atoms with Gasteiger partial charge in [0.05, 0.1) is 5.56 Å². The van der Waals surface area contributed by atoms with Crippen LogP contribution >= 0.6 is 11.6 Å². The standard InChI is InChI=1S/C21H19ClN2O3/c22-17-7-2-8-18-16(17)11-19(23-18)20(25)24-9-3-6-15(12-24)13-4-1-5-14(10-13)21(26)27/h1-2,4-5,7-8,10-11,15,23H,3,6,9,12H2,(H,26,27)/t15-/m1/s1. The Morgan fingerprint density at radius 3 is 2.74 bits per heavy atom. The first kappa shape index (κ1) is 17.6. The minimum atomic E-state index is -0.935. The van der Waals surface area contributed by atoms with Gasteiger partial charge >= 0.3 is 5.97 Å². The van der Waals surface area contributed by atoms with E-state index in [-0.39, 0.29) is 17.4 Å². The number of carbonyl (C=O) groups is 2. The van der Waals surface area contributed by atoms with Crippen molar-refractivity contribution in [2.45, 2.75) is 18.8 Å². The number of fused-ring (bicyclic) bond motifs is 1. The third-order valence-electron chi connectivity index (χ3n) is 5.15. The zero-order chi connectivity index (χ0) is 19.0. The summed E-state index contributed by atoms with van der Waals surface area (Å²) in [5, 5.41) is 10.7. The molecule has 0 bridgehead atoms. The molecule has 2 N–H and O–H groups in total. The second kappa shape index (κ2) is 7.08. The van der Waals surface area contributed by atoms with Crippen LogP contribution in [0.2, 0.25) is 5.02 Å². The average Bonchev–Trinajstić information content (AvgIpc) is 3.13. The minimum Gasteiger partial charge on any atom is -0.478 e. The zero-order valence-electron chi connectivity index (χ0n) is 14.6. The molecule has 2 aromatic carbocycles. The second-order valence-corrected chi connectivity index (χ2v) is 7.31. The lowest BCUT2D eigenvalue weighted by atomic mass is 9.89. The topological polar surface area (TPSA) is 73.4 Å². The Morgan fingerprint density at radius 1 is 1.15 bits per heavy atom. The van der Waals surface area contributed by atoms with Crippen molar-refractivity contribution in [1.82, 2.24) is 9.88 Å². The second-order valence-electron chi connectivity index (χ2n) is 6.91. The molecular formula is C21H19ClN2O3. The molecular weight excluding hydrogens is 364 g/mol. The molecule has 0 unspecified atom stereocenters. The highest BCUT2D eigenvalue weighted by molar-refractivity contribution is 6.35. The molecule has 0 spiro atoms. The van der Waals surface area contributed by atoms with Crippen molar-refractivity contribution in [3.8, 4) is 0 Å². The Morgan fingerprint density at radius 2 is 1.96 bits per heavy atom. The van der Waals surface area contributed by atoms with Crippen molar-refractivity contribution in [1.29, 1.82) is 0 Å². The summed E-state index contributed by atoms with van der Waals surface area (Å²) < 4.78 is 0. The number of aromatic amines is 1. The number of carboxylic acids is 1. The van der Waals surface area contributed by atoms with E-state index in [4.69, 9.17) is 11.6 Å². The van der Waals surface area contributed by atoms with Gasteiger partial charge in [0.1, 0.15) is 5.69 Å². The molecule has 138 valence electrons. The predicted octanol–water partition coefficient (Wildman–Crippen LogP) is 4.54. The van der Waals surface area contributed by atoms with E-state index in [0.717, 1.165) is 29.3 Å². The van der Waals surface area contributed by atoms with Crippen molar-refractivity contribution in [2.24, 2.45) is 0 Å². The van der Waals surface area contributed by atoms with Crippen LogP contribution in [-0.4, -0.2) is 40.0 Å². The Labute approximate surface area is 161 Å². The van der Waals surface area contributed by atoms with E-state index in [1.54, 1.807) is 30.3 Å². The zero-order valence-corrected chi connectivity index (χ0v) is 15.4. The van der Waals surface area contributed by atoms with Crippen LogP contribution < -0.4 is 0 Å². The molecule has 0 aliphatic carbocycles. The van der Waals surface area contributed by atoms with Gasteiger partial charge in [0.25, 0.3) is 5.91 Å². The molecule has 3 aromatic rings. The minimum absolute atomic E-state index is 0.0543. The maximum Gasteiger partial charge on any atom is 0.335 e. The Hall–Kier alpha value is -2.79. The number of benzene rings is 2. The number of nitrogens with one attached hydrogen (secondary N) is 1. The largest absolute Gasteiger partial charge is 0.478 e. The van der Waals surface area contributed by atoms with Crippen molar-refractivity contribution in [3.63, 3.8) is 0 Å². The van der Waals surface area contributed by atoms with Gasteiger partial charge in [0.2, 0.25) is 0 Å². The summed E-state index contributed by atoms with van der Waals surface area (Å²) >= 11 is 6.21. The summed E-state index contributed by atoms with van der Waals surface area (Å²) in [5.41, 5.74) is 2.61. The fourth-order valence-corrected chi connectivity index (χ4v) is 3.99. The van der Waals surface area contributed by atoms with Gasteiger partial charge in [-0.3, -0.25) is 4.79 Å². The summed E-state index contributed by atoms with van der Waals surface area (Å²) in [6.07, 6.45) is 1.82. The quantitative estimate of drug-likeness (QED) is 0.698. The molecule has 5 nitrogen and oxygen atoms in total. The van der Waals surface area contributed by atoms with Gasteiger partial charge in [-0.25, -0.2) is 4.79 Å². The van der Waals surface area contributed by atoms with Crippen LogP contribution in [0.5, 0.6) is 0 Å². The fraction of sp³-hybridized carbons (Fsp3) is 0.238. The van der Waals surface area contributed by atoms with Crippen LogP contribution in [0.4, 0.5) is 0 Å². The van der Waals surface area contributed by atoms with E-state index in [2.05, 4.69) is 4.98 Å². The number of hydrogen-bond acceptors (Lipinski definition) is 2. The summed E-state index contributed by atoms with van der Waals surface area (Å²) in [7, 11) is 0. The van der Waals surface area contributed by atoms with Gasteiger partial charge in [-0.1, -0.05) is 29.8 Å². The highest BCUT2D eigenvalue weighted by atomic mass is 35.5. The number of H-pyrrole nitrogens is 1. The van der Waals surface area contributed by atoms with Crippen LogP contribution in [0.25, 0.3) is 10.9 Å². The summed E-state index contributed by atoms with van der Waals surface area (Å²) in [6.45, 7) is 1.27. The van der Waals surface area contributed by atoms with E-state index in [1.807, 2.05) is 23.1 Å². The molecule has 27 heavy (non-hydrogen) atoms. The normalized spacial score (nSPS) is 17.2. The molecule has 1 aliphatic rings. The van der Waals surface area contributed by atoms with Crippen LogP contribution in [-0.2, 0) is 0 Å². The van der Waals surface area contributed by atoms with E-state index in [1.165, 1.54) is 0 Å². The molecule has 0 radical (unpaired) electrons. The number of aromatic carboxylic acids is 1. The first-order chi connectivity index (χ1) is 13.0. The molecule has 1 aromatic heterocycles. The molecule has 0 saturated carbocycles. The molecule has 1 saturated heterocycles. The van der Waals surface area contributed by atoms with E-state index in [9.17, 15) is 14.7 Å². The molecule has 6 heteroatoms. The molecule has 1 aliphatic heterocycles. The van der Waals surface area contributed by atoms with Crippen molar-refractivity contribution in [3.05, 3.63) is 70.4 Å². The monoisotopic (exact) mass is 382 g/mol. The lowest BCUT2D eigenvalue weighted by molar-refractivity contribution is 0.0686. The number of aromatic nitrogens is 1. The van der Waals surface area contributed by atoms with E-state index < -0.39 is 5.97 Å². The summed E-state index contributed by atoms with van der Waals surface area (Å²) in [5.74, 6) is -0.855. The fourth-order valence-electron chi connectivity index (χ4n) is 3.76. The Kier molecular flexibility index (Phi) is 4.62. The Bertz CT molecular complexity index is 1030. The molecule has 1 fully saturated rings. The maximum atomic E-state index is 13.0. The number of piperidine rings is 1. The SMILES string of the molecule is O=C(O)c1cccc([C@@H]2CCCN(C(=O)c3cc4c(Cl)cccc4[nH]3)C2)c1. The molecule has 4 rings (SSSR count). The molecule has 1 atom stereocenters. The smallest absolute Gasteiger partial charge is 0.335 e. The van der Waals surface area contributed by atoms with Gasteiger partial charge in [-0.15, -0.1) is 0 Å². The number of likely N-dealkylation sites (tertiary alicyclic amines) is 1. The van der Waals surface area contributed by atoms with Crippen molar-refractivity contribution in [2.75, 3.05) is 13.1 Å². The van der Waals surface area contributed by atoms with Crippen molar-refractivity contribution < 1.29 is 14.7 Å². The first-order valence-electron chi connectivity index (χ1n) is 8.92. The van der Waals surface area contributed by atoms with Crippen LogP contribution in [0.1, 0.15) is 45.2 Å². The highest BCUT2D eigenvalue weighted by Gasteiger charge is 2.27. The van der Waals surface area contributed by atoms with Gasteiger partial charge in [-0.05, 0) is 48.7 Å².